The van der Waals surface area contributed by atoms with E-state index in [9.17, 15) is 4.79 Å². The van der Waals surface area contributed by atoms with Crippen molar-refractivity contribution in [1.82, 2.24) is 0 Å². The van der Waals surface area contributed by atoms with E-state index < -0.39 is 6.16 Å². The molecule has 0 aliphatic rings. The van der Waals surface area contributed by atoms with Crippen LogP contribution in [0.5, 0.6) is 0 Å². The number of hydrogen-bond donors (Lipinski definition) is 2. The molecule has 0 rings (SSSR count). The Balaban J connectivity index is -0.000000405. The van der Waals surface area contributed by atoms with Crippen molar-refractivity contribution in [2.24, 2.45) is 0 Å². The van der Waals surface area contributed by atoms with Gasteiger partial charge in [-0.25, -0.2) is 4.79 Å². The van der Waals surface area contributed by atoms with Gasteiger partial charge in [-0.15, -0.1) is 0 Å². The van der Waals surface area contributed by atoms with Crippen LogP contribution in [0.2, 0.25) is 0 Å². The van der Waals surface area contributed by atoms with Crippen LogP contribution in [0.4, 0.5) is 4.79 Å². The number of carbonyl (C=O) groups is 1. The molecular formula is C5H11NaO5. The van der Waals surface area contributed by atoms with Crippen LogP contribution in [0, 0.1) is 0 Å². The Hall–Kier alpha value is 0.190. The van der Waals surface area contributed by atoms with Gasteiger partial charge in [-0.05, 0) is 0 Å². The van der Waals surface area contributed by atoms with Gasteiger partial charge in [0.2, 0.25) is 0 Å². The molecule has 0 fully saturated rings. The van der Waals surface area contributed by atoms with E-state index in [0.717, 1.165) is 0 Å². The molecule has 2 N–H and O–H groups in total. The van der Waals surface area contributed by atoms with E-state index in [0.29, 0.717) is 0 Å². The van der Waals surface area contributed by atoms with Crippen LogP contribution < -0.4 is 29.6 Å². The zero-order valence-corrected chi connectivity index (χ0v) is 8.45. The van der Waals surface area contributed by atoms with Gasteiger partial charge in [0, 0.05) is 0 Å². The van der Waals surface area contributed by atoms with Crippen LogP contribution in [-0.2, 0) is 9.47 Å². The standard InChI is InChI=1S/C5H10O5.Na.H/c6-1-3-9-5(8)10-4-2-7;;/h6-7H,1-4H2;;/q;+1;-1. The molecule has 5 nitrogen and oxygen atoms in total. The molecule has 0 aliphatic heterocycles. The summed E-state index contributed by atoms with van der Waals surface area (Å²) in [5.74, 6) is 0. The van der Waals surface area contributed by atoms with Crippen molar-refractivity contribution >= 4 is 6.16 Å². The van der Waals surface area contributed by atoms with Gasteiger partial charge in [-0.1, -0.05) is 0 Å². The fourth-order valence-electron chi connectivity index (χ4n) is 0.300. The van der Waals surface area contributed by atoms with Crippen molar-refractivity contribution in [2.75, 3.05) is 26.4 Å². The average Bonchev–Trinajstić information content (AvgIpc) is 1.97. The quantitative estimate of drug-likeness (QED) is 0.338. The first-order chi connectivity index (χ1) is 4.81. The monoisotopic (exact) mass is 174 g/mol. The number of rotatable bonds is 4. The molecule has 0 atom stereocenters. The molecule has 0 bridgehead atoms. The van der Waals surface area contributed by atoms with Gasteiger partial charge < -0.3 is 21.1 Å². The maximum Gasteiger partial charge on any atom is 1.00 e. The Kier molecular flexibility index (Phi) is 12.7. The van der Waals surface area contributed by atoms with Gasteiger partial charge in [0.15, 0.2) is 0 Å². The van der Waals surface area contributed by atoms with Crippen LogP contribution in [0.15, 0.2) is 0 Å². The maximum absolute atomic E-state index is 10.3. The number of hydrogen-bond acceptors (Lipinski definition) is 5. The molecular weight excluding hydrogens is 163 g/mol. The summed E-state index contributed by atoms with van der Waals surface area (Å²) in [4.78, 5) is 10.3. The third kappa shape index (κ3) is 10.2. The van der Waals surface area contributed by atoms with E-state index in [4.69, 9.17) is 10.2 Å². The molecule has 0 aromatic carbocycles. The van der Waals surface area contributed by atoms with Crippen LogP contribution in [-0.4, -0.2) is 42.8 Å². The van der Waals surface area contributed by atoms with Crippen molar-refractivity contribution < 1.29 is 55.5 Å². The van der Waals surface area contributed by atoms with Crippen LogP contribution in [0.1, 0.15) is 1.43 Å². The molecule has 0 unspecified atom stereocenters. The van der Waals surface area contributed by atoms with Gasteiger partial charge in [-0.2, -0.15) is 0 Å². The summed E-state index contributed by atoms with van der Waals surface area (Å²) in [6, 6.07) is 0. The Bertz CT molecular complexity index is 91.8. The van der Waals surface area contributed by atoms with E-state index in [2.05, 4.69) is 9.47 Å². The molecule has 0 amide bonds. The van der Waals surface area contributed by atoms with Gasteiger partial charge in [0.25, 0.3) is 0 Å². The van der Waals surface area contributed by atoms with Crippen LogP contribution >= 0.6 is 0 Å². The van der Waals surface area contributed by atoms with Gasteiger partial charge in [0.05, 0.1) is 13.2 Å². The number of carbonyl (C=O) groups excluding carboxylic acids is 1. The molecule has 0 saturated carbocycles. The second-order valence-corrected chi connectivity index (χ2v) is 1.39. The average molecular weight is 174 g/mol. The Morgan fingerprint density at radius 1 is 1.18 bits per heavy atom. The van der Waals surface area contributed by atoms with Crippen molar-refractivity contribution in [1.29, 1.82) is 0 Å². The molecule has 0 saturated heterocycles. The molecule has 0 aromatic rings. The second-order valence-electron chi connectivity index (χ2n) is 1.39. The molecule has 62 valence electrons. The van der Waals surface area contributed by atoms with E-state index in [1.54, 1.807) is 0 Å². The Labute approximate surface area is 88.1 Å². The van der Waals surface area contributed by atoms with Gasteiger partial charge in [0.1, 0.15) is 13.2 Å². The summed E-state index contributed by atoms with van der Waals surface area (Å²) in [7, 11) is 0. The molecule has 0 aliphatic carbocycles. The van der Waals surface area contributed by atoms with Crippen LogP contribution in [0.3, 0.4) is 0 Å². The molecule has 6 heteroatoms. The summed E-state index contributed by atoms with van der Waals surface area (Å²) in [5, 5.41) is 16.3. The van der Waals surface area contributed by atoms with E-state index >= 15 is 0 Å². The summed E-state index contributed by atoms with van der Waals surface area (Å²) in [6.45, 7) is -0.614. The van der Waals surface area contributed by atoms with Crippen molar-refractivity contribution in [3.63, 3.8) is 0 Å². The maximum atomic E-state index is 10.3. The van der Waals surface area contributed by atoms with E-state index in [1.807, 2.05) is 0 Å². The van der Waals surface area contributed by atoms with E-state index in [-0.39, 0.29) is 57.4 Å². The van der Waals surface area contributed by atoms with Crippen molar-refractivity contribution in [2.45, 2.75) is 0 Å². The molecule has 0 radical (unpaired) electrons. The first-order valence-electron chi connectivity index (χ1n) is 2.82. The second kappa shape index (κ2) is 10.2. The fraction of sp³-hybridized carbons (Fsp3) is 0.800. The predicted molar refractivity (Wildman–Crippen MR) is 32.6 cm³/mol. The Morgan fingerprint density at radius 3 is 1.82 bits per heavy atom. The molecule has 0 spiro atoms. The predicted octanol–water partition coefficient (Wildman–Crippen LogP) is -3.76. The largest absolute Gasteiger partial charge is 1.00 e. The number of ether oxygens (including phenoxy) is 2. The molecule has 0 aromatic heterocycles. The zero-order valence-electron chi connectivity index (χ0n) is 7.45. The molecule has 11 heavy (non-hydrogen) atoms. The van der Waals surface area contributed by atoms with E-state index in [1.165, 1.54) is 0 Å². The van der Waals surface area contributed by atoms with Gasteiger partial charge in [-0.3, -0.25) is 0 Å². The first kappa shape index (κ1) is 13.8. The molecule has 0 heterocycles. The smallest absolute Gasteiger partial charge is 1.00 e. The minimum Gasteiger partial charge on any atom is -1.00 e. The zero-order chi connectivity index (χ0) is 7.82. The summed E-state index contributed by atoms with van der Waals surface area (Å²) < 4.78 is 8.54. The Morgan fingerprint density at radius 2 is 1.55 bits per heavy atom. The SMILES string of the molecule is O=C(OCCO)OCCO.[H-].[Na+]. The minimum atomic E-state index is -0.872. The third-order valence-electron chi connectivity index (χ3n) is 0.622. The van der Waals surface area contributed by atoms with Gasteiger partial charge >= 0.3 is 35.7 Å². The normalized spacial score (nSPS) is 8.18. The van der Waals surface area contributed by atoms with Crippen molar-refractivity contribution in [3.05, 3.63) is 0 Å². The summed E-state index contributed by atoms with van der Waals surface area (Å²) in [5.41, 5.74) is 0. The topological polar surface area (TPSA) is 76.0 Å². The number of aliphatic hydroxyl groups is 2. The summed E-state index contributed by atoms with van der Waals surface area (Å²) in [6.07, 6.45) is -0.872. The third-order valence-corrected chi connectivity index (χ3v) is 0.622. The summed E-state index contributed by atoms with van der Waals surface area (Å²) >= 11 is 0. The van der Waals surface area contributed by atoms with Crippen molar-refractivity contribution in [3.8, 4) is 0 Å². The fourth-order valence-corrected chi connectivity index (χ4v) is 0.300. The van der Waals surface area contributed by atoms with Crippen LogP contribution in [0.25, 0.3) is 0 Å². The number of aliphatic hydroxyl groups excluding tert-OH is 2. The first-order valence-corrected chi connectivity index (χ1v) is 2.82. The minimum absolute atomic E-state index is 0.